The van der Waals surface area contributed by atoms with E-state index in [0.717, 1.165) is 5.56 Å². The second-order valence-electron chi connectivity index (χ2n) is 4.97. The molecule has 1 aromatic rings. The van der Waals surface area contributed by atoms with Gasteiger partial charge in [-0.25, -0.2) is 0 Å². The van der Waals surface area contributed by atoms with Gasteiger partial charge >= 0.3 is 0 Å². The molecule has 0 radical (unpaired) electrons. The fourth-order valence-electron chi connectivity index (χ4n) is 1.84. The highest BCUT2D eigenvalue weighted by Gasteiger charge is 2.30. The van der Waals surface area contributed by atoms with E-state index < -0.39 is 5.60 Å². The molecule has 0 aliphatic rings. The molecule has 5 nitrogen and oxygen atoms in total. The van der Waals surface area contributed by atoms with Crippen molar-refractivity contribution in [1.82, 2.24) is 0 Å². The first-order valence-electron chi connectivity index (χ1n) is 7.25. The molecule has 1 aromatic carbocycles. The summed E-state index contributed by atoms with van der Waals surface area (Å²) in [6, 6.07) is 9.47. The summed E-state index contributed by atoms with van der Waals surface area (Å²) >= 11 is 0. The quantitative estimate of drug-likeness (QED) is 0.603. The standard InChI is InChI=1S/C16H26O5/c1-14(16(2,18)15-6-4-3-5-7-15)21-13-12-20-11-10-19-9-8-17/h3-7,14,17-18H,8-13H2,1-2H3. The third-order valence-electron chi connectivity index (χ3n) is 3.35. The van der Waals surface area contributed by atoms with E-state index in [4.69, 9.17) is 19.3 Å². The molecule has 0 spiro atoms. The van der Waals surface area contributed by atoms with E-state index in [9.17, 15) is 5.11 Å². The summed E-state index contributed by atoms with van der Waals surface area (Å²) in [5.74, 6) is 0. The Balaban J connectivity index is 2.20. The van der Waals surface area contributed by atoms with E-state index in [1.54, 1.807) is 6.92 Å². The fourth-order valence-corrected chi connectivity index (χ4v) is 1.84. The van der Waals surface area contributed by atoms with Gasteiger partial charge in [0.1, 0.15) is 5.60 Å². The molecule has 2 N–H and O–H groups in total. The molecule has 0 saturated heterocycles. The van der Waals surface area contributed by atoms with Gasteiger partial charge in [0.15, 0.2) is 0 Å². The first-order chi connectivity index (χ1) is 10.1. The Morgan fingerprint density at radius 2 is 1.57 bits per heavy atom. The highest BCUT2D eigenvalue weighted by Crippen LogP contribution is 2.26. The zero-order chi connectivity index (χ0) is 15.6. The van der Waals surface area contributed by atoms with Crippen LogP contribution < -0.4 is 0 Å². The lowest BCUT2D eigenvalue weighted by Gasteiger charge is -2.30. The van der Waals surface area contributed by atoms with Crippen LogP contribution in [0.5, 0.6) is 0 Å². The minimum absolute atomic E-state index is 0.0230. The second kappa shape index (κ2) is 9.87. The molecule has 0 saturated carbocycles. The third-order valence-corrected chi connectivity index (χ3v) is 3.35. The Morgan fingerprint density at radius 1 is 1.00 bits per heavy atom. The van der Waals surface area contributed by atoms with Crippen molar-refractivity contribution in [2.75, 3.05) is 39.6 Å². The van der Waals surface area contributed by atoms with Crippen LogP contribution in [-0.2, 0) is 19.8 Å². The van der Waals surface area contributed by atoms with E-state index in [0.29, 0.717) is 33.0 Å². The maximum absolute atomic E-state index is 10.5. The molecule has 2 unspecified atom stereocenters. The summed E-state index contributed by atoms with van der Waals surface area (Å²) in [6.45, 7) is 5.71. The molecule has 0 bridgehead atoms. The van der Waals surface area contributed by atoms with Crippen molar-refractivity contribution >= 4 is 0 Å². The summed E-state index contributed by atoms with van der Waals surface area (Å²) < 4.78 is 16.0. The summed E-state index contributed by atoms with van der Waals surface area (Å²) in [6.07, 6.45) is -0.339. The number of aliphatic hydroxyl groups excluding tert-OH is 1. The Morgan fingerprint density at radius 3 is 2.19 bits per heavy atom. The monoisotopic (exact) mass is 298 g/mol. The van der Waals surface area contributed by atoms with Crippen molar-refractivity contribution in [3.63, 3.8) is 0 Å². The van der Waals surface area contributed by atoms with E-state index >= 15 is 0 Å². The molecule has 0 aromatic heterocycles. The largest absolute Gasteiger partial charge is 0.394 e. The Labute approximate surface area is 126 Å². The maximum Gasteiger partial charge on any atom is 0.113 e. The van der Waals surface area contributed by atoms with Crippen LogP contribution >= 0.6 is 0 Å². The van der Waals surface area contributed by atoms with Gasteiger partial charge in [-0.05, 0) is 19.4 Å². The normalized spacial score (nSPS) is 15.6. The van der Waals surface area contributed by atoms with E-state index in [1.165, 1.54) is 0 Å². The maximum atomic E-state index is 10.5. The predicted molar refractivity (Wildman–Crippen MR) is 80.2 cm³/mol. The number of ether oxygens (including phenoxy) is 3. The van der Waals surface area contributed by atoms with Gasteiger partial charge in [-0.3, -0.25) is 0 Å². The van der Waals surface area contributed by atoms with Crippen molar-refractivity contribution in [3.05, 3.63) is 35.9 Å². The molecule has 2 atom stereocenters. The Kier molecular flexibility index (Phi) is 8.49. The lowest BCUT2D eigenvalue weighted by Crippen LogP contribution is -2.37. The van der Waals surface area contributed by atoms with Gasteiger partial charge in [0.2, 0.25) is 0 Å². The molecular formula is C16H26O5. The van der Waals surface area contributed by atoms with Crippen molar-refractivity contribution in [2.24, 2.45) is 0 Å². The molecule has 0 amide bonds. The SMILES string of the molecule is CC(OCCOCCOCCO)C(C)(O)c1ccccc1. The van der Waals surface area contributed by atoms with Gasteiger partial charge < -0.3 is 24.4 Å². The minimum Gasteiger partial charge on any atom is -0.394 e. The van der Waals surface area contributed by atoms with Gasteiger partial charge in [-0.2, -0.15) is 0 Å². The van der Waals surface area contributed by atoms with Crippen molar-refractivity contribution in [1.29, 1.82) is 0 Å². The van der Waals surface area contributed by atoms with Crippen LogP contribution in [0.3, 0.4) is 0 Å². The third kappa shape index (κ3) is 6.54. The lowest BCUT2D eigenvalue weighted by atomic mass is 9.91. The van der Waals surface area contributed by atoms with Crippen LogP contribution in [0.15, 0.2) is 30.3 Å². The number of hydrogen-bond acceptors (Lipinski definition) is 5. The molecule has 0 heterocycles. The zero-order valence-electron chi connectivity index (χ0n) is 12.8. The zero-order valence-corrected chi connectivity index (χ0v) is 12.8. The molecule has 1 rings (SSSR count). The van der Waals surface area contributed by atoms with Crippen LogP contribution in [0.25, 0.3) is 0 Å². The van der Waals surface area contributed by atoms with Crippen LogP contribution in [-0.4, -0.2) is 56.0 Å². The molecule has 5 heteroatoms. The summed E-state index contributed by atoms with van der Waals surface area (Å²) in [5.41, 5.74) is -0.207. The van der Waals surface area contributed by atoms with Gasteiger partial charge in [0, 0.05) is 0 Å². The van der Waals surface area contributed by atoms with Gasteiger partial charge in [-0.1, -0.05) is 30.3 Å². The first-order valence-corrected chi connectivity index (χ1v) is 7.25. The van der Waals surface area contributed by atoms with Crippen molar-refractivity contribution in [3.8, 4) is 0 Å². The summed E-state index contributed by atoms with van der Waals surface area (Å²) in [4.78, 5) is 0. The van der Waals surface area contributed by atoms with Crippen molar-refractivity contribution in [2.45, 2.75) is 25.6 Å². The lowest BCUT2D eigenvalue weighted by molar-refractivity contribution is -0.106. The first kappa shape index (κ1) is 18.1. The summed E-state index contributed by atoms with van der Waals surface area (Å²) in [7, 11) is 0. The fraction of sp³-hybridized carbons (Fsp3) is 0.625. The topological polar surface area (TPSA) is 68.2 Å². The molecule has 120 valence electrons. The van der Waals surface area contributed by atoms with Crippen LogP contribution in [0.1, 0.15) is 19.4 Å². The number of benzene rings is 1. The highest BCUT2D eigenvalue weighted by atomic mass is 16.6. The van der Waals surface area contributed by atoms with Gasteiger partial charge in [0.25, 0.3) is 0 Å². The smallest absolute Gasteiger partial charge is 0.113 e. The van der Waals surface area contributed by atoms with Crippen LogP contribution in [0.2, 0.25) is 0 Å². The van der Waals surface area contributed by atoms with E-state index in [1.807, 2.05) is 37.3 Å². The number of aliphatic hydroxyl groups is 2. The molecule has 0 aliphatic heterocycles. The molecule has 0 aliphatic carbocycles. The summed E-state index contributed by atoms with van der Waals surface area (Å²) in [5, 5.41) is 19.1. The molecule has 0 fully saturated rings. The Hall–Kier alpha value is -0.980. The van der Waals surface area contributed by atoms with Crippen molar-refractivity contribution < 1.29 is 24.4 Å². The average molecular weight is 298 g/mol. The predicted octanol–water partition coefficient (Wildman–Crippen LogP) is 1.32. The van der Waals surface area contributed by atoms with Gasteiger partial charge in [-0.15, -0.1) is 0 Å². The minimum atomic E-state index is -1.04. The number of hydrogen-bond donors (Lipinski definition) is 2. The average Bonchev–Trinajstić information content (AvgIpc) is 2.50. The second-order valence-corrected chi connectivity index (χ2v) is 4.97. The molecular weight excluding hydrogens is 272 g/mol. The van der Waals surface area contributed by atoms with E-state index in [-0.39, 0.29) is 12.7 Å². The Bertz CT molecular complexity index is 366. The van der Waals surface area contributed by atoms with Crippen LogP contribution in [0.4, 0.5) is 0 Å². The van der Waals surface area contributed by atoms with Crippen LogP contribution in [0, 0.1) is 0 Å². The molecule has 21 heavy (non-hydrogen) atoms. The highest BCUT2D eigenvalue weighted by molar-refractivity contribution is 5.22. The van der Waals surface area contributed by atoms with Gasteiger partial charge in [0.05, 0.1) is 45.7 Å². The van der Waals surface area contributed by atoms with E-state index in [2.05, 4.69) is 0 Å². The number of rotatable bonds is 11.